The van der Waals surface area contributed by atoms with Crippen molar-refractivity contribution in [1.29, 1.82) is 0 Å². The number of nitrogens with two attached hydrogens (primary N) is 1. The summed E-state index contributed by atoms with van der Waals surface area (Å²) in [6.07, 6.45) is 1.61. The summed E-state index contributed by atoms with van der Waals surface area (Å²) in [7, 11) is 0. The number of nitrogens with zero attached hydrogens (tertiary/aromatic N) is 1. The lowest BCUT2D eigenvalue weighted by Gasteiger charge is -2.08. The first kappa shape index (κ1) is 9.61. The van der Waals surface area contributed by atoms with Crippen molar-refractivity contribution in [3.05, 3.63) is 16.1 Å². The fourth-order valence-electron chi connectivity index (χ4n) is 1.19. The lowest BCUT2D eigenvalue weighted by molar-refractivity contribution is -0.123. The fraction of sp³-hybridized carbons (Fsp3) is 0.556. The largest absolute Gasteiger partial charge is 0.350 e. The highest BCUT2D eigenvalue weighted by molar-refractivity contribution is 7.09. The number of carbonyl (C=O) groups excluding carboxylic acids is 1. The van der Waals surface area contributed by atoms with Crippen molar-refractivity contribution in [2.24, 2.45) is 5.73 Å². The zero-order valence-electron chi connectivity index (χ0n) is 8.04. The highest BCUT2D eigenvalue weighted by Crippen LogP contribution is 2.32. The third-order valence-electron chi connectivity index (χ3n) is 2.50. The monoisotopic (exact) mass is 211 g/mol. The number of rotatable bonds is 3. The summed E-state index contributed by atoms with van der Waals surface area (Å²) in [6, 6.07) is 0. The maximum atomic E-state index is 11.5. The summed E-state index contributed by atoms with van der Waals surface area (Å²) in [6.45, 7) is 2.49. The van der Waals surface area contributed by atoms with Crippen molar-refractivity contribution in [2.75, 3.05) is 0 Å². The number of aromatic nitrogens is 1. The van der Waals surface area contributed by atoms with E-state index in [-0.39, 0.29) is 5.91 Å². The third-order valence-corrected chi connectivity index (χ3v) is 3.43. The fourth-order valence-corrected chi connectivity index (χ4v) is 1.91. The van der Waals surface area contributed by atoms with Gasteiger partial charge in [-0.25, -0.2) is 4.98 Å². The Kier molecular flexibility index (Phi) is 2.28. The summed E-state index contributed by atoms with van der Waals surface area (Å²) in [5.74, 6) is -0.0368. The van der Waals surface area contributed by atoms with Crippen molar-refractivity contribution in [2.45, 2.75) is 31.8 Å². The van der Waals surface area contributed by atoms with E-state index in [0.29, 0.717) is 6.54 Å². The van der Waals surface area contributed by atoms with Crippen molar-refractivity contribution >= 4 is 17.2 Å². The quantitative estimate of drug-likeness (QED) is 0.767. The molecule has 0 spiro atoms. The van der Waals surface area contributed by atoms with E-state index < -0.39 is 5.54 Å². The molecule has 0 atom stereocenters. The molecular weight excluding hydrogens is 198 g/mol. The molecule has 0 saturated heterocycles. The maximum Gasteiger partial charge on any atom is 0.240 e. The van der Waals surface area contributed by atoms with Gasteiger partial charge in [-0.05, 0) is 19.8 Å². The molecule has 0 aromatic carbocycles. The number of carbonyl (C=O) groups is 1. The van der Waals surface area contributed by atoms with Gasteiger partial charge in [-0.15, -0.1) is 11.3 Å². The van der Waals surface area contributed by atoms with Crippen LogP contribution < -0.4 is 11.1 Å². The van der Waals surface area contributed by atoms with Crippen molar-refractivity contribution in [1.82, 2.24) is 10.3 Å². The Morgan fingerprint density at radius 3 is 3.00 bits per heavy atom. The van der Waals surface area contributed by atoms with E-state index in [0.717, 1.165) is 23.4 Å². The molecule has 1 aliphatic rings. The second-order valence-corrected chi connectivity index (χ2v) is 4.64. The predicted molar refractivity (Wildman–Crippen MR) is 54.9 cm³/mol. The van der Waals surface area contributed by atoms with E-state index in [4.69, 9.17) is 5.73 Å². The Balaban J connectivity index is 1.89. The second-order valence-electron chi connectivity index (χ2n) is 3.70. The van der Waals surface area contributed by atoms with E-state index in [2.05, 4.69) is 10.3 Å². The first-order valence-corrected chi connectivity index (χ1v) is 5.46. The number of nitrogens with one attached hydrogen (secondary N) is 1. The van der Waals surface area contributed by atoms with E-state index in [1.807, 2.05) is 6.92 Å². The summed E-state index contributed by atoms with van der Waals surface area (Å²) < 4.78 is 0. The molecule has 4 nitrogen and oxygen atoms in total. The summed E-state index contributed by atoms with van der Waals surface area (Å²) in [5, 5.41) is 2.83. The molecule has 0 radical (unpaired) electrons. The zero-order valence-corrected chi connectivity index (χ0v) is 8.86. The number of aryl methyl sites for hydroxylation is 1. The zero-order chi connectivity index (χ0) is 10.2. The minimum Gasteiger partial charge on any atom is -0.350 e. The molecule has 1 heterocycles. The van der Waals surface area contributed by atoms with Crippen molar-refractivity contribution in [3.63, 3.8) is 0 Å². The van der Waals surface area contributed by atoms with Gasteiger partial charge in [0.25, 0.3) is 0 Å². The van der Waals surface area contributed by atoms with Gasteiger partial charge < -0.3 is 11.1 Å². The standard InChI is InChI=1S/C9H13N3OS/c1-6-7(14-5-12-6)4-11-8(13)9(10)2-3-9/h5H,2-4,10H2,1H3,(H,11,13). The van der Waals surface area contributed by atoms with E-state index >= 15 is 0 Å². The minimum absolute atomic E-state index is 0.0368. The number of amides is 1. The summed E-state index contributed by atoms with van der Waals surface area (Å²) >= 11 is 1.56. The molecule has 76 valence electrons. The SMILES string of the molecule is Cc1ncsc1CNC(=O)C1(N)CC1. The third kappa shape index (κ3) is 1.78. The highest BCUT2D eigenvalue weighted by atomic mass is 32.1. The van der Waals surface area contributed by atoms with Crippen LogP contribution in [0.3, 0.4) is 0 Å². The van der Waals surface area contributed by atoms with Crippen LogP contribution in [0.15, 0.2) is 5.51 Å². The van der Waals surface area contributed by atoms with Crippen LogP contribution in [0.25, 0.3) is 0 Å². The van der Waals surface area contributed by atoms with Gasteiger partial charge in [-0.3, -0.25) is 4.79 Å². The van der Waals surface area contributed by atoms with Crippen LogP contribution in [0, 0.1) is 6.92 Å². The predicted octanol–water partition coefficient (Wildman–Crippen LogP) is 0.559. The summed E-state index contributed by atoms with van der Waals surface area (Å²) in [4.78, 5) is 16.7. The van der Waals surface area contributed by atoms with Gasteiger partial charge in [0, 0.05) is 4.88 Å². The van der Waals surface area contributed by atoms with Gasteiger partial charge in [0.1, 0.15) is 0 Å². The first-order valence-electron chi connectivity index (χ1n) is 4.58. The Bertz CT molecular complexity index is 357. The first-order chi connectivity index (χ1) is 6.62. The molecule has 1 aliphatic carbocycles. The van der Waals surface area contributed by atoms with Crippen LogP contribution in [-0.2, 0) is 11.3 Å². The van der Waals surface area contributed by atoms with Crippen LogP contribution in [0.2, 0.25) is 0 Å². The van der Waals surface area contributed by atoms with Crippen LogP contribution in [0.1, 0.15) is 23.4 Å². The van der Waals surface area contributed by atoms with Gasteiger partial charge in [-0.1, -0.05) is 0 Å². The van der Waals surface area contributed by atoms with E-state index in [1.165, 1.54) is 0 Å². The Labute approximate surface area is 86.5 Å². The smallest absolute Gasteiger partial charge is 0.240 e. The van der Waals surface area contributed by atoms with Gasteiger partial charge in [-0.2, -0.15) is 0 Å². The summed E-state index contributed by atoms with van der Waals surface area (Å²) in [5.41, 5.74) is 7.94. The van der Waals surface area contributed by atoms with Crippen molar-refractivity contribution in [3.8, 4) is 0 Å². The normalized spacial score (nSPS) is 17.9. The van der Waals surface area contributed by atoms with Gasteiger partial charge in [0.05, 0.1) is 23.3 Å². The lowest BCUT2D eigenvalue weighted by Crippen LogP contribution is -2.42. The molecular formula is C9H13N3OS. The van der Waals surface area contributed by atoms with Crippen molar-refractivity contribution < 1.29 is 4.79 Å². The molecule has 0 bridgehead atoms. The molecule has 1 aromatic heterocycles. The molecule has 1 saturated carbocycles. The van der Waals surface area contributed by atoms with Gasteiger partial charge in [0.2, 0.25) is 5.91 Å². The van der Waals surface area contributed by atoms with E-state index in [9.17, 15) is 4.79 Å². The van der Waals surface area contributed by atoms with Crippen LogP contribution in [0.4, 0.5) is 0 Å². The Morgan fingerprint density at radius 2 is 2.50 bits per heavy atom. The minimum atomic E-state index is -0.571. The molecule has 1 aromatic rings. The Hall–Kier alpha value is -0.940. The second kappa shape index (κ2) is 3.33. The average molecular weight is 211 g/mol. The molecule has 2 rings (SSSR count). The molecule has 0 aliphatic heterocycles. The van der Waals surface area contributed by atoms with Gasteiger partial charge in [0.15, 0.2) is 0 Å². The van der Waals surface area contributed by atoms with Crippen LogP contribution in [-0.4, -0.2) is 16.4 Å². The highest BCUT2D eigenvalue weighted by Gasteiger charge is 2.45. The number of thiazole rings is 1. The maximum absolute atomic E-state index is 11.5. The molecule has 14 heavy (non-hydrogen) atoms. The molecule has 5 heteroatoms. The number of hydrogen-bond acceptors (Lipinski definition) is 4. The molecule has 1 fully saturated rings. The number of hydrogen-bond donors (Lipinski definition) is 2. The lowest BCUT2D eigenvalue weighted by atomic mass is 10.2. The average Bonchev–Trinajstić information content (AvgIpc) is 2.77. The molecule has 3 N–H and O–H groups in total. The topological polar surface area (TPSA) is 68.0 Å². The van der Waals surface area contributed by atoms with E-state index in [1.54, 1.807) is 16.8 Å². The molecule has 1 amide bonds. The van der Waals surface area contributed by atoms with Crippen LogP contribution in [0.5, 0.6) is 0 Å². The Morgan fingerprint density at radius 1 is 1.79 bits per heavy atom. The van der Waals surface area contributed by atoms with Crippen LogP contribution >= 0.6 is 11.3 Å². The van der Waals surface area contributed by atoms with Gasteiger partial charge >= 0.3 is 0 Å². The molecule has 0 unspecified atom stereocenters.